The van der Waals surface area contributed by atoms with E-state index < -0.39 is 0 Å². The van der Waals surface area contributed by atoms with Crippen LogP contribution in [-0.2, 0) is 0 Å². The highest BCUT2D eigenvalue weighted by Crippen LogP contribution is 2.02. The summed E-state index contributed by atoms with van der Waals surface area (Å²) in [5, 5.41) is 0. The van der Waals surface area contributed by atoms with Crippen LogP contribution in [0.2, 0.25) is 0 Å². The van der Waals surface area contributed by atoms with E-state index in [2.05, 4.69) is 45.2 Å². The van der Waals surface area contributed by atoms with Gasteiger partial charge in [0.25, 0.3) is 0 Å². The van der Waals surface area contributed by atoms with Gasteiger partial charge in [-0.1, -0.05) is 27.2 Å². The van der Waals surface area contributed by atoms with Crippen molar-refractivity contribution in [1.29, 1.82) is 0 Å². The summed E-state index contributed by atoms with van der Waals surface area (Å²) in [4.78, 5) is 0. The lowest BCUT2D eigenvalue weighted by molar-refractivity contribution is 0.899. The third kappa shape index (κ3) is 22.4. The molecule has 0 spiro atoms. The predicted octanol–water partition coefficient (Wildman–Crippen LogP) is 4.26. The minimum Gasteiger partial charge on any atom is -0.179 e. The van der Waals surface area contributed by atoms with E-state index in [0.717, 1.165) is 5.75 Å². The summed E-state index contributed by atoms with van der Waals surface area (Å²) >= 11 is 6.05. The minimum absolute atomic E-state index is 1.04. The van der Waals surface area contributed by atoms with Crippen molar-refractivity contribution >= 4 is 24.4 Å². The SMILES string of the molecule is CCCCS.CCCSCCC. The molecule has 0 fully saturated rings. The summed E-state index contributed by atoms with van der Waals surface area (Å²) in [6.45, 7) is 6.61. The van der Waals surface area contributed by atoms with Crippen molar-refractivity contribution in [2.24, 2.45) is 0 Å². The van der Waals surface area contributed by atoms with E-state index in [1.807, 2.05) is 0 Å². The van der Waals surface area contributed by atoms with Crippen LogP contribution >= 0.6 is 24.4 Å². The molecule has 0 atom stereocenters. The fourth-order valence-electron chi connectivity index (χ4n) is 0.549. The first-order valence-electron chi connectivity index (χ1n) is 5.01. The van der Waals surface area contributed by atoms with Gasteiger partial charge in [0.15, 0.2) is 0 Å². The molecule has 0 saturated heterocycles. The van der Waals surface area contributed by atoms with Crippen LogP contribution in [-0.4, -0.2) is 17.3 Å². The molecule has 0 aliphatic heterocycles. The second-order valence-corrected chi connectivity index (χ2v) is 4.36. The molecule has 0 radical (unpaired) electrons. The molecule has 0 saturated carbocycles. The lowest BCUT2D eigenvalue weighted by atomic mass is 10.4. The van der Waals surface area contributed by atoms with E-state index >= 15 is 0 Å². The zero-order valence-corrected chi connectivity index (χ0v) is 10.5. The highest BCUT2D eigenvalue weighted by Gasteiger charge is 1.79. The first-order chi connectivity index (χ1) is 5.83. The van der Waals surface area contributed by atoms with Crippen molar-refractivity contribution in [2.75, 3.05) is 17.3 Å². The first-order valence-corrected chi connectivity index (χ1v) is 6.80. The van der Waals surface area contributed by atoms with Crippen LogP contribution in [0.5, 0.6) is 0 Å². The zero-order chi connectivity index (χ0) is 9.66. The van der Waals surface area contributed by atoms with Crippen molar-refractivity contribution in [3.05, 3.63) is 0 Å². The van der Waals surface area contributed by atoms with Crippen LogP contribution in [0.25, 0.3) is 0 Å². The molecular formula is C10H24S2. The molecule has 0 N–H and O–H groups in total. The summed E-state index contributed by atoms with van der Waals surface area (Å²) in [5.41, 5.74) is 0. The zero-order valence-electron chi connectivity index (χ0n) is 8.81. The Bertz CT molecular complexity index is 49.8. The standard InChI is InChI=1S/C6H14S.C4H10S/c1-3-5-7-6-4-2;1-2-3-4-5/h3-6H2,1-2H3;5H,2-4H2,1H3. The highest BCUT2D eigenvalue weighted by molar-refractivity contribution is 7.99. The maximum Gasteiger partial charge on any atom is -0.00702 e. The Balaban J connectivity index is 0. The number of rotatable bonds is 6. The molecule has 0 aliphatic carbocycles. The van der Waals surface area contributed by atoms with Gasteiger partial charge in [-0.2, -0.15) is 24.4 Å². The molecule has 0 aromatic heterocycles. The van der Waals surface area contributed by atoms with E-state index in [-0.39, 0.29) is 0 Å². The predicted molar refractivity (Wildman–Crippen MR) is 66.7 cm³/mol. The van der Waals surface area contributed by atoms with E-state index in [0.29, 0.717) is 0 Å². The van der Waals surface area contributed by atoms with Crippen molar-refractivity contribution in [3.8, 4) is 0 Å². The van der Waals surface area contributed by atoms with E-state index in [4.69, 9.17) is 0 Å². The van der Waals surface area contributed by atoms with Gasteiger partial charge in [0.2, 0.25) is 0 Å². The smallest absolute Gasteiger partial charge is 0.00702 e. The average molecular weight is 208 g/mol. The summed E-state index contributed by atoms with van der Waals surface area (Å²) < 4.78 is 0. The molecule has 0 aliphatic rings. The van der Waals surface area contributed by atoms with E-state index in [1.165, 1.54) is 37.2 Å². The van der Waals surface area contributed by atoms with Crippen LogP contribution < -0.4 is 0 Å². The maximum absolute atomic E-state index is 4.00. The Labute approximate surface area is 88.3 Å². The lowest BCUT2D eigenvalue weighted by Gasteiger charge is -1.91. The monoisotopic (exact) mass is 208 g/mol. The molecule has 0 heterocycles. The Kier molecular flexibility index (Phi) is 22.4. The third-order valence-corrected chi connectivity index (χ3v) is 2.92. The molecule has 0 aromatic rings. The lowest BCUT2D eigenvalue weighted by Crippen LogP contribution is -1.76. The number of thiol groups is 1. The third-order valence-electron chi connectivity index (χ3n) is 1.21. The summed E-state index contributed by atoms with van der Waals surface area (Å²) in [6, 6.07) is 0. The largest absolute Gasteiger partial charge is 0.179 e. The van der Waals surface area contributed by atoms with Gasteiger partial charge >= 0.3 is 0 Å². The second-order valence-electron chi connectivity index (χ2n) is 2.69. The number of hydrogen-bond acceptors (Lipinski definition) is 2. The van der Waals surface area contributed by atoms with Crippen molar-refractivity contribution in [2.45, 2.75) is 46.5 Å². The van der Waals surface area contributed by atoms with Crippen molar-refractivity contribution < 1.29 is 0 Å². The summed E-state index contributed by atoms with van der Waals surface area (Å²) in [6.07, 6.45) is 5.17. The van der Waals surface area contributed by atoms with Crippen molar-refractivity contribution in [1.82, 2.24) is 0 Å². The van der Waals surface area contributed by atoms with Gasteiger partial charge in [0.05, 0.1) is 0 Å². The molecule has 2 heteroatoms. The van der Waals surface area contributed by atoms with Crippen LogP contribution in [0, 0.1) is 0 Å². The van der Waals surface area contributed by atoms with Gasteiger partial charge in [-0.25, -0.2) is 0 Å². The highest BCUT2D eigenvalue weighted by atomic mass is 32.2. The molecular weight excluding hydrogens is 184 g/mol. The summed E-state index contributed by atoms with van der Waals surface area (Å²) in [5.74, 6) is 3.72. The van der Waals surface area contributed by atoms with Crippen molar-refractivity contribution in [3.63, 3.8) is 0 Å². The quantitative estimate of drug-likeness (QED) is 0.503. The van der Waals surface area contributed by atoms with Crippen LogP contribution in [0.3, 0.4) is 0 Å². The van der Waals surface area contributed by atoms with E-state index in [9.17, 15) is 0 Å². The molecule has 0 amide bonds. The van der Waals surface area contributed by atoms with Gasteiger partial charge in [-0.05, 0) is 36.5 Å². The number of thioether (sulfide) groups is 1. The van der Waals surface area contributed by atoms with Gasteiger partial charge in [0.1, 0.15) is 0 Å². The minimum atomic E-state index is 1.04. The summed E-state index contributed by atoms with van der Waals surface area (Å²) in [7, 11) is 0. The molecule has 12 heavy (non-hydrogen) atoms. The molecule has 0 rings (SSSR count). The fraction of sp³-hybridized carbons (Fsp3) is 1.00. The molecule has 0 nitrogen and oxygen atoms in total. The van der Waals surface area contributed by atoms with E-state index in [1.54, 1.807) is 0 Å². The van der Waals surface area contributed by atoms with Gasteiger partial charge in [-0.15, -0.1) is 0 Å². The number of hydrogen-bond donors (Lipinski definition) is 1. The number of unbranched alkanes of at least 4 members (excludes halogenated alkanes) is 1. The Morgan fingerprint density at radius 3 is 1.58 bits per heavy atom. The van der Waals surface area contributed by atoms with Crippen LogP contribution in [0.1, 0.15) is 46.5 Å². The normalized spacial score (nSPS) is 9.00. The Hall–Kier alpha value is 0.700. The Morgan fingerprint density at radius 1 is 0.917 bits per heavy atom. The second kappa shape index (κ2) is 17.7. The maximum atomic E-state index is 4.00. The molecule has 76 valence electrons. The van der Waals surface area contributed by atoms with Crippen LogP contribution in [0.15, 0.2) is 0 Å². The first kappa shape index (κ1) is 15.2. The fourth-order valence-corrected chi connectivity index (χ4v) is 1.65. The topological polar surface area (TPSA) is 0 Å². The Morgan fingerprint density at radius 2 is 1.42 bits per heavy atom. The van der Waals surface area contributed by atoms with Gasteiger partial charge < -0.3 is 0 Å². The van der Waals surface area contributed by atoms with Gasteiger partial charge in [0, 0.05) is 0 Å². The molecule has 0 unspecified atom stereocenters. The average Bonchev–Trinajstić information content (AvgIpc) is 2.08. The molecule has 0 aromatic carbocycles. The molecule has 0 bridgehead atoms. The van der Waals surface area contributed by atoms with Crippen LogP contribution in [0.4, 0.5) is 0 Å². The van der Waals surface area contributed by atoms with Gasteiger partial charge in [-0.3, -0.25) is 0 Å².